The van der Waals surface area contributed by atoms with Gasteiger partial charge in [0.1, 0.15) is 18.1 Å². The number of aromatic nitrogens is 1. The van der Waals surface area contributed by atoms with Crippen LogP contribution in [0.2, 0.25) is 0 Å². The molecular weight excluding hydrogens is 372 g/mol. The smallest absolute Gasteiger partial charge is 0.338 e. The Labute approximate surface area is 158 Å². The highest BCUT2D eigenvalue weighted by Crippen LogP contribution is 2.21. The molecule has 1 aliphatic rings. The highest BCUT2D eigenvalue weighted by Gasteiger charge is 2.32. The van der Waals surface area contributed by atoms with Crippen molar-refractivity contribution in [3.8, 4) is 0 Å². The van der Waals surface area contributed by atoms with Crippen molar-refractivity contribution in [1.82, 2.24) is 9.46 Å². The molecule has 1 aromatic carbocycles. The quantitative estimate of drug-likeness (QED) is 0.716. The molecule has 1 aliphatic heterocycles. The van der Waals surface area contributed by atoms with E-state index in [4.69, 9.17) is 14.0 Å². The van der Waals surface area contributed by atoms with E-state index in [0.717, 1.165) is 0 Å². The lowest BCUT2D eigenvalue weighted by atomic mass is 10.2. The van der Waals surface area contributed by atoms with Crippen molar-refractivity contribution in [1.29, 1.82) is 0 Å². The van der Waals surface area contributed by atoms with Gasteiger partial charge in [-0.2, -0.15) is 4.31 Å². The maximum Gasteiger partial charge on any atom is 0.338 e. The molecule has 2 atom stereocenters. The molecule has 2 heterocycles. The Hall–Kier alpha value is -2.23. The van der Waals surface area contributed by atoms with Gasteiger partial charge < -0.3 is 14.0 Å². The van der Waals surface area contributed by atoms with Gasteiger partial charge >= 0.3 is 5.97 Å². The van der Waals surface area contributed by atoms with Crippen molar-refractivity contribution in [2.75, 3.05) is 13.1 Å². The van der Waals surface area contributed by atoms with E-state index in [2.05, 4.69) is 5.16 Å². The third kappa shape index (κ3) is 4.55. The number of sulfonamides is 1. The predicted molar refractivity (Wildman–Crippen MR) is 95.6 cm³/mol. The second-order valence-electron chi connectivity index (χ2n) is 6.61. The number of hydrogen-bond acceptors (Lipinski definition) is 7. The second kappa shape index (κ2) is 7.79. The number of esters is 1. The standard InChI is InChI=1S/C18H22N2O6S/c1-12-8-16(19-26-12)11-24-18(21)15-4-6-17(7-5-15)27(22,23)20-9-13(2)25-14(3)10-20/h4-8,13-14H,9-11H2,1-3H3/t13-,14+. The number of ether oxygens (including phenoxy) is 2. The maximum atomic E-state index is 12.8. The van der Waals surface area contributed by atoms with Crippen LogP contribution < -0.4 is 0 Å². The Morgan fingerprint density at radius 2 is 1.85 bits per heavy atom. The average Bonchev–Trinajstić information content (AvgIpc) is 3.04. The molecule has 0 aliphatic carbocycles. The summed E-state index contributed by atoms with van der Waals surface area (Å²) in [5.41, 5.74) is 0.772. The van der Waals surface area contributed by atoms with Gasteiger partial charge in [0.25, 0.3) is 0 Å². The molecule has 0 saturated carbocycles. The molecule has 0 bridgehead atoms. The van der Waals surface area contributed by atoms with Gasteiger partial charge in [-0.3, -0.25) is 0 Å². The van der Waals surface area contributed by atoms with Crippen LogP contribution in [-0.4, -0.2) is 49.1 Å². The molecular formula is C18H22N2O6S. The summed E-state index contributed by atoms with van der Waals surface area (Å²) in [5.74, 6) is 0.0653. The van der Waals surface area contributed by atoms with Gasteiger partial charge in [0.05, 0.1) is 22.7 Å². The van der Waals surface area contributed by atoms with Gasteiger partial charge in [-0.15, -0.1) is 0 Å². The molecule has 9 heteroatoms. The third-order valence-electron chi connectivity index (χ3n) is 4.14. The van der Waals surface area contributed by atoms with Crippen molar-refractivity contribution in [2.24, 2.45) is 0 Å². The number of nitrogens with zero attached hydrogens (tertiary/aromatic N) is 2. The summed E-state index contributed by atoms with van der Waals surface area (Å²) in [5, 5.41) is 3.74. The summed E-state index contributed by atoms with van der Waals surface area (Å²) in [6, 6.07) is 7.38. The fourth-order valence-corrected chi connectivity index (χ4v) is 4.54. The lowest BCUT2D eigenvalue weighted by Gasteiger charge is -2.34. The Bertz CT molecular complexity index is 896. The Kier molecular flexibility index (Phi) is 5.64. The molecule has 1 saturated heterocycles. The van der Waals surface area contributed by atoms with E-state index in [-0.39, 0.29) is 29.3 Å². The molecule has 8 nitrogen and oxygen atoms in total. The topological polar surface area (TPSA) is 98.9 Å². The average molecular weight is 394 g/mol. The zero-order valence-corrected chi connectivity index (χ0v) is 16.2. The predicted octanol–water partition coefficient (Wildman–Crippen LogP) is 2.14. The van der Waals surface area contributed by atoms with E-state index in [9.17, 15) is 13.2 Å². The van der Waals surface area contributed by atoms with Crippen LogP contribution in [0.25, 0.3) is 0 Å². The van der Waals surface area contributed by atoms with Crippen LogP contribution in [0.3, 0.4) is 0 Å². The number of carbonyl (C=O) groups is 1. The normalized spacial score (nSPS) is 21.1. The van der Waals surface area contributed by atoms with Gasteiger partial charge in [0.2, 0.25) is 10.0 Å². The lowest BCUT2D eigenvalue weighted by molar-refractivity contribution is -0.0440. The fraction of sp³-hybridized carbons (Fsp3) is 0.444. The molecule has 0 N–H and O–H groups in total. The van der Waals surface area contributed by atoms with E-state index >= 15 is 0 Å². The number of rotatable bonds is 5. The molecule has 1 fully saturated rings. The van der Waals surface area contributed by atoms with Crippen LogP contribution in [0.1, 0.15) is 35.7 Å². The number of benzene rings is 1. The van der Waals surface area contributed by atoms with E-state index in [0.29, 0.717) is 24.5 Å². The zero-order valence-electron chi connectivity index (χ0n) is 15.4. The van der Waals surface area contributed by atoms with Gasteiger partial charge in [-0.1, -0.05) is 5.16 Å². The first-order valence-electron chi connectivity index (χ1n) is 8.60. The van der Waals surface area contributed by atoms with Gasteiger partial charge in [0.15, 0.2) is 0 Å². The van der Waals surface area contributed by atoms with E-state index in [1.54, 1.807) is 13.0 Å². The molecule has 0 spiro atoms. The van der Waals surface area contributed by atoms with Gasteiger partial charge in [0, 0.05) is 19.2 Å². The largest absolute Gasteiger partial charge is 0.455 e. The molecule has 0 amide bonds. The van der Waals surface area contributed by atoms with Crippen molar-refractivity contribution >= 4 is 16.0 Å². The van der Waals surface area contributed by atoms with Gasteiger partial charge in [-0.25, -0.2) is 13.2 Å². The first kappa shape index (κ1) is 19.5. The third-order valence-corrected chi connectivity index (χ3v) is 5.99. The number of carbonyl (C=O) groups excluding carboxylic acids is 1. The first-order valence-corrected chi connectivity index (χ1v) is 10.0. The maximum absolute atomic E-state index is 12.8. The minimum atomic E-state index is -3.64. The molecule has 1 aromatic heterocycles. The van der Waals surface area contributed by atoms with Gasteiger partial charge in [-0.05, 0) is 45.0 Å². The summed E-state index contributed by atoms with van der Waals surface area (Å²) in [4.78, 5) is 12.2. The monoisotopic (exact) mass is 394 g/mol. The second-order valence-corrected chi connectivity index (χ2v) is 8.55. The first-order chi connectivity index (χ1) is 12.8. The number of aryl methyl sites for hydroxylation is 1. The zero-order chi connectivity index (χ0) is 19.6. The van der Waals surface area contributed by atoms with Crippen LogP contribution in [0.5, 0.6) is 0 Å². The van der Waals surface area contributed by atoms with Crippen molar-refractivity contribution in [3.63, 3.8) is 0 Å². The summed E-state index contributed by atoms with van der Waals surface area (Å²) in [6.45, 7) is 6.01. The summed E-state index contributed by atoms with van der Waals surface area (Å²) in [7, 11) is -3.64. The van der Waals surface area contributed by atoms with Crippen molar-refractivity contribution in [2.45, 2.75) is 44.5 Å². The van der Waals surface area contributed by atoms with E-state index in [1.165, 1.54) is 28.6 Å². The molecule has 0 radical (unpaired) electrons. The van der Waals surface area contributed by atoms with Crippen LogP contribution >= 0.6 is 0 Å². The number of hydrogen-bond donors (Lipinski definition) is 0. The van der Waals surface area contributed by atoms with Crippen LogP contribution in [0, 0.1) is 6.92 Å². The minimum Gasteiger partial charge on any atom is -0.455 e. The summed E-state index contributed by atoms with van der Waals surface area (Å²) >= 11 is 0. The molecule has 2 aromatic rings. The van der Waals surface area contributed by atoms with Crippen LogP contribution in [-0.2, 0) is 26.1 Å². The fourth-order valence-electron chi connectivity index (χ4n) is 2.95. The minimum absolute atomic E-state index is 0.0141. The van der Waals surface area contributed by atoms with Crippen molar-refractivity contribution < 1.29 is 27.2 Å². The summed E-state index contributed by atoms with van der Waals surface area (Å²) in [6.07, 6.45) is -0.337. The van der Waals surface area contributed by atoms with E-state index in [1.807, 2.05) is 13.8 Å². The lowest BCUT2D eigenvalue weighted by Crippen LogP contribution is -2.48. The van der Waals surface area contributed by atoms with Crippen LogP contribution in [0.4, 0.5) is 0 Å². The van der Waals surface area contributed by atoms with Crippen molar-refractivity contribution in [3.05, 3.63) is 47.3 Å². The summed E-state index contributed by atoms with van der Waals surface area (Å²) < 4.78 is 42.7. The number of morpholine rings is 1. The Morgan fingerprint density at radius 1 is 1.22 bits per heavy atom. The van der Waals surface area contributed by atoms with Crippen LogP contribution in [0.15, 0.2) is 39.8 Å². The molecule has 3 rings (SSSR count). The highest BCUT2D eigenvalue weighted by molar-refractivity contribution is 7.89. The molecule has 0 unspecified atom stereocenters. The molecule has 27 heavy (non-hydrogen) atoms. The SMILES string of the molecule is Cc1cc(COC(=O)c2ccc(S(=O)(=O)N3C[C@@H](C)O[C@@H](C)C3)cc2)no1. The molecule has 146 valence electrons. The Balaban J connectivity index is 1.67. The van der Waals surface area contributed by atoms with E-state index < -0.39 is 16.0 Å². The Morgan fingerprint density at radius 3 is 2.41 bits per heavy atom. The highest BCUT2D eigenvalue weighted by atomic mass is 32.2.